The van der Waals surface area contributed by atoms with Gasteiger partial charge in [-0.1, -0.05) is 0 Å². The Hall–Kier alpha value is -3.50. The van der Waals surface area contributed by atoms with E-state index in [-0.39, 0.29) is 24.2 Å². The molecule has 1 atom stereocenters. The first-order valence-electron chi connectivity index (χ1n) is 9.05. The number of nitrogens with one attached hydrogen (secondary N) is 2. The van der Waals surface area contributed by atoms with E-state index in [2.05, 4.69) is 15.6 Å². The molecule has 0 spiro atoms. The van der Waals surface area contributed by atoms with Crippen LogP contribution < -0.4 is 20.1 Å². The Bertz CT molecular complexity index is 995. The number of carbonyl (C=O) groups excluding carboxylic acids is 2. The number of nitrogens with zero attached hydrogens (tertiary/aromatic N) is 2. The third kappa shape index (κ3) is 3.82. The van der Waals surface area contributed by atoms with Crippen molar-refractivity contribution in [3.63, 3.8) is 0 Å². The minimum absolute atomic E-state index is 0.0236. The Morgan fingerprint density at radius 2 is 2.17 bits per heavy atom. The fourth-order valence-corrected chi connectivity index (χ4v) is 3.23. The first kappa shape index (κ1) is 19.8. The molecule has 3 heterocycles. The van der Waals surface area contributed by atoms with Gasteiger partial charge in [0.15, 0.2) is 0 Å². The van der Waals surface area contributed by atoms with Crippen LogP contribution >= 0.6 is 0 Å². The Labute approximate surface area is 169 Å². The van der Waals surface area contributed by atoms with E-state index >= 15 is 0 Å². The zero-order chi connectivity index (χ0) is 21.5. The maximum Gasteiger partial charge on any atom is 0.417 e. The number of hydrogen-bond donors (Lipinski definition) is 2. The lowest BCUT2D eigenvalue weighted by Crippen LogP contribution is -2.40. The standard InChI is InChI=1S/C19H17F3N4O4/c1-26-14(9-24-18(26)28)17(27)25-13-7-12(6-10-4-5-29-16(10)13)30-15-3-2-11(8-23-15)19(20,21)22/h2-3,6-8,14H,4-5,9H2,1H3,(H,24,28)(H,25,27). The molecule has 1 aromatic carbocycles. The van der Waals surface area contributed by atoms with Crippen LogP contribution in [0.3, 0.4) is 0 Å². The molecule has 0 radical (unpaired) electrons. The van der Waals surface area contributed by atoms with Gasteiger partial charge in [0.05, 0.1) is 17.9 Å². The van der Waals surface area contributed by atoms with E-state index in [4.69, 9.17) is 9.47 Å². The molecule has 1 unspecified atom stereocenters. The average molecular weight is 422 g/mol. The van der Waals surface area contributed by atoms with Gasteiger partial charge in [0, 0.05) is 43.9 Å². The number of pyridine rings is 1. The number of rotatable bonds is 4. The summed E-state index contributed by atoms with van der Waals surface area (Å²) in [7, 11) is 1.52. The molecule has 2 aliphatic rings. The van der Waals surface area contributed by atoms with E-state index in [0.717, 1.165) is 17.7 Å². The van der Waals surface area contributed by atoms with E-state index < -0.39 is 23.7 Å². The number of carbonyl (C=O) groups is 2. The molecule has 1 fully saturated rings. The van der Waals surface area contributed by atoms with Gasteiger partial charge in [-0.15, -0.1) is 0 Å². The van der Waals surface area contributed by atoms with Crippen LogP contribution in [0.15, 0.2) is 30.5 Å². The van der Waals surface area contributed by atoms with Gasteiger partial charge in [-0.25, -0.2) is 9.78 Å². The van der Waals surface area contributed by atoms with Crippen LogP contribution in [0.2, 0.25) is 0 Å². The average Bonchev–Trinajstić information content (AvgIpc) is 3.28. The van der Waals surface area contributed by atoms with Gasteiger partial charge in [-0.3, -0.25) is 4.79 Å². The summed E-state index contributed by atoms with van der Waals surface area (Å²) in [5, 5.41) is 5.32. The largest absolute Gasteiger partial charge is 0.491 e. The molecule has 8 nitrogen and oxygen atoms in total. The number of hydrogen-bond acceptors (Lipinski definition) is 5. The number of amides is 3. The molecular weight excluding hydrogens is 405 g/mol. The summed E-state index contributed by atoms with van der Waals surface area (Å²) in [4.78, 5) is 29.2. The lowest BCUT2D eigenvalue weighted by atomic mass is 10.1. The van der Waals surface area contributed by atoms with Gasteiger partial charge in [-0.05, 0) is 12.1 Å². The molecule has 2 aromatic rings. The number of ether oxygens (including phenoxy) is 2. The van der Waals surface area contributed by atoms with Gasteiger partial charge < -0.3 is 25.0 Å². The summed E-state index contributed by atoms with van der Waals surface area (Å²) in [5.41, 5.74) is 0.252. The summed E-state index contributed by atoms with van der Waals surface area (Å²) in [6, 6.07) is 4.16. The number of halogens is 3. The highest BCUT2D eigenvalue weighted by atomic mass is 19.4. The van der Waals surface area contributed by atoms with Crippen LogP contribution in [0.4, 0.5) is 23.7 Å². The minimum Gasteiger partial charge on any atom is -0.491 e. The van der Waals surface area contributed by atoms with Crippen molar-refractivity contribution in [2.75, 3.05) is 25.5 Å². The molecule has 30 heavy (non-hydrogen) atoms. The topological polar surface area (TPSA) is 92.8 Å². The summed E-state index contributed by atoms with van der Waals surface area (Å²) in [6.07, 6.45) is -3.22. The SMILES string of the molecule is CN1C(=O)NCC1C(=O)Nc1cc(Oc2ccc(C(F)(F)F)cn2)cc2c1OCC2. The Morgan fingerprint density at radius 3 is 2.80 bits per heavy atom. The second-order valence-corrected chi connectivity index (χ2v) is 6.84. The van der Waals surface area contributed by atoms with Crippen LogP contribution in [0, 0.1) is 0 Å². The van der Waals surface area contributed by atoms with Gasteiger partial charge in [-0.2, -0.15) is 13.2 Å². The van der Waals surface area contributed by atoms with Crippen molar-refractivity contribution in [3.05, 3.63) is 41.6 Å². The third-order valence-corrected chi connectivity index (χ3v) is 4.84. The Morgan fingerprint density at radius 1 is 1.37 bits per heavy atom. The summed E-state index contributed by atoms with van der Waals surface area (Å²) in [5.74, 6) is 0.356. The molecule has 4 rings (SSSR count). The van der Waals surface area contributed by atoms with Crippen molar-refractivity contribution in [1.29, 1.82) is 0 Å². The molecule has 0 bridgehead atoms. The van der Waals surface area contributed by atoms with E-state index in [1.165, 1.54) is 18.0 Å². The van der Waals surface area contributed by atoms with Gasteiger partial charge in [0.25, 0.3) is 0 Å². The molecule has 2 aliphatic heterocycles. The molecule has 0 saturated carbocycles. The number of alkyl halides is 3. The smallest absolute Gasteiger partial charge is 0.417 e. The van der Waals surface area contributed by atoms with Crippen LogP contribution in [-0.2, 0) is 17.4 Å². The molecule has 158 valence electrons. The molecule has 1 aromatic heterocycles. The number of urea groups is 1. The summed E-state index contributed by atoms with van der Waals surface area (Å²) in [6.45, 7) is 0.597. The lowest BCUT2D eigenvalue weighted by Gasteiger charge is -2.19. The zero-order valence-electron chi connectivity index (χ0n) is 15.7. The van der Waals surface area contributed by atoms with Crippen molar-refractivity contribution >= 4 is 17.6 Å². The maximum atomic E-state index is 12.7. The molecule has 3 amide bonds. The number of likely N-dealkylation sites (N-methyl/N-ethyl adjacent to an activating group) is 1. The number of fused-ring (bicyclic) bond motifs is 1. The normalized spacial score (nSPS) is 17.9. The number of aromatic nitrogens is 1. The second kappa shape index (κ2) is 7.39. The van der Waals surface area contributed by atoms with Crippen molar-refractivity contribution < 1.29 is 32.2 Å². The number of anilines is 1. The predicted molar refractivity (Wildman–Crippen MR) is 98.5 cm³/mol. The van der Waals surface area contributed by atoms with Crippen molar-refractivity contribution in [3.8, 4) is 17.4 Å². The monoisotopic (exact) mass is 422 g/mol. The first-order valence-corrected chi connectivity index (χ1v) is 9.05. The van der Waals surface area contributed by atoms with Crippen LogP contribution in [0.5, 0.6) is 17.4 Å². The molecule has 2 N–H and O–H groups in total. The van der Waals surface area contributed by atoms with Gasteiger partial charge in [0.1, 0.15) is 17.5 Å². The van der Waals surface area contributed by atoms with Crippen molar-refractivity contribution in [1.82, 2.24) is 15.2 Å². The minimum atomic E-state index is -4.49. The molecule has 11 heteroatoms. The van der Waals surface area contributed by atoms with Crippen molar-refractivity contribution in [2.24, 2.45) is 0 Å². The second-order valence-electron chi connectivity index (χ2n) is 6.84. The fraction of sp³-hybridized carbons (Fsp3) is 0.316. The summed E-state index contributed by atoms with van der Waals surface area (Å²) >= 11 is 0. The first-order chi connectivity index (χ1) is 14.2. The van der Waals surface area contributed by atoms with E-state index in [1.54, 1.807) is 6.07 Å². The van der Waals surface area contributed by atoms with Crippen LogP contribution in [0.25, 0.3) is 0 Å². The van der Waals surface area contributed by atoms with E-state index in [9.17, 15) is 22.8 Å². The highest BCUT2D eigenvalue weighted by molar-refractivity contribution is 6.00. The number of benzene rings is 1. The zero-order valence-corrected chi connectivity index (χ0v) is 15.7. The van der Waals surface area contributed by atoms with Gasteiger partial charge in [0.2, 0.25) is 11.8 Å². The highest BCUT2D eigenvalue weighted by Gasteiger charge is 2.34. The van der Waals surface area contributed by atoms with Crippen LogP contribution in [0.1, 0.15) is 11.1 Å². The Kier molecular flexibility index (Phi) is 4.88. The third-order valence-electron chi connectivity index (χ3n) is 4.84. The molecule has 1 saturated heterocycles. The Balaban J connectivity index is 1.56. The summed E-state index contributed by atoms with van der Waals surface area (Å²) < 4.78 is 49.2. The predicted octanol–water partition coefficient (Wildman–Crippen LogP) is 2.79. The van der Waals surface area contributed by atoms with Crippen LogP contribution in [-0.4, -0.2) is 48.1 Å². The van der Waals surface area contributed by atoms with E-state index in [0.29, 0.717) is 30.7 Å². The fourth-order valence-electron chi connectivity index (χ4n) is 3.23. The van der Waals surface area contributed by atoms with Crippen molar-refractivity contribution in [2.45, 2.75) is 18.6 Å². The molecule has 0 aliphatic carbocycles. The highest BCUT2D eigenvalue weighted by Crippen LogP contribution is 2.39. The lowest BCUT2D eigenvalue weighted by molar-refractivity contribution is -0.137. The molecular formula is C19H17F3N4O4. The van der Waals surface area contributed by atoms with Gasteiger partial charge >= 0.3 is 12.2 Å². The quantitative estimate of drug-likeness (QED) is 0.791. The maximum absolute atomic E-state index is 12.7. The van der Waals surface area contributed by atoms with E-state index in [1.807, 2.05) is 0 Å².